The summed E-state index contributed by atoms with van der Waals surface area (Å²) >= 11 is 7.05. The highest BCUT2D eigenvalue weighted by atomic mass is 35.5. The molecular weight excluding hydrogens is 350 g/mol. The lowest BCUT2D eigenvalue weighted by atomic mass is 10.2. The molecule has 1 atom stereocenters. The Labute approximate surface area is 149 Å². The fraction of sp³-hybridized carbons (Fsp3) is 0.333. The molecule has 0 saturated carbocycles. The van der Waals surface area contributed by atoms with Gasteiger partial charge in [0.1, 0.15) is 0 Å². The molecule has 2 aromatic rings. The number of primary amides is 1. The average Bonchev–Trinajstić information content (AvgIpc) is 2.96. The van der Waals surface area contributed by atoms with Gasteiger partial charge in [0.05, 0.1) is 11.8 Å². The van der Waals surface area contributed by atoms with Crippen LogP contribution in [0.1, 0.15) is 36.1 Å². The maximum atomic E-state index is 12.3. The smallest absolute Gasteiger partial charge is 0.251 e. The number of nitrogens with two attached hydrogens (primary N) is 1. The summed E-state index contributed by atoms with van der Waals surface area (Å²) in [6.45, 7) is 4.38. The van der Waals surface area contributed by atoms with E-state index in [9.17, 15) is 9.59 Å². The number of thioether (sulfide) groups is 1. The van der Waals surface area contributed by atoms with Crippen LogP contribution in [0, 0.1) is 0 Å². The van der Waals surface area contributed by atoms with Crippen LogP contribution in [0.3, 0.4) is 0 Å². The SMILES string of the molecule is CCn1c(SCC(N)=O)nnc1[C@H](C)NC(=O)c1ccc(Cl)cc1. The Kier molecular flexibility index (Phi) is 6.22. The zero-order valence-corrected chi connectivity index (χ0v) is 14.9. The zero-order valence-electron chi connectivity index (χ0n) is 13.3. The van der Waals surface area contributed by atoms with Gasteiger partial charge in [-0.15, -0.1) is 10.2 Å². The summed E-state index contributed by atoms with van der Waals surface area (Å²) in [6.07, 6.45) is 0. The molecule has 7 nitrogen and oxygen atoms in total. The molecule has 1 aromatic heterocycles. The second-order valence-electron chi connectivity index (χ2n) is 5.04. The first-order valence-electron chi connectivity index (χ1n) is 7.33. The van der Waals surface area contributed by atoms with E-state index in [-0.39, 0.29) is 17.7 Å². The van der Waals surface area contributed by atoms with E-state index in [1.165, 1.54) is 11.8 Å². The lowest BCUT2D eigenvalue weighted by molar-refractivity contribution is -0.115. The Bertz CT molecular complexity index is 732. The molecule has 1 aromatic carbocycles. The fourth-order valence-corrected chi connectivity index (χ4v) is 2.98. The van der Waals surface area contributed by atoms with Crippen LogP contribution in [-0.2, 0) is 11.3 Å². The number of hydrogen-bond donors (Lipinski definition) is 2. The van der Waals surface area contributed by atoms with Crippen molar-refractivity contribution in [3.05, 3.63) is 40.7 Å². The predicted molar refractivity (Wildman–Crippen MR) is 92.9 cm³/mol. The van der Waals surface area contributed by atoms with Crippen molar-refractivity contribution in [2.75, 3.05) is 5.75 Å². The minimum atomic E-state index is -0.420. The highest BCUT2D eigenvalue weighted by molar-refractivity contribution is 7.99. The van der Waals surface area contributed by atoms with Crippen molar-refractivity contribution in [3.63, 3.8) is 0 Å². The van der Waals surface area contributed by atoms with Crippen LogP contribution in [0.15, 0.2) is 29.4 Å². The Morgan fingerprint density at radius 2 is 2.00 bits per heavy atom. The zero-order chi connectivity index (χ0) is 17.7. The van der Waals surface area contributed by atoms with Gasteiger partial charge in [-0.1, -0.05) is 23.4 Å². The maximum Gasteiger partial charge on any atom is 0.251 e. The van der Waals surface area contributed by atoms with Crippen LogP contribution in [-0.4, -0.2) is 32.3 Å². The Morgan fingerprint density at radius 1 is 1.33 bits per heavy atom. The van der Waals surface area contributed by atoms with Crippen molar-refractivity contribution >= 4 is 35.2 Å². The number of aromatic nitrogens is 3. The van der Waals surface area contributed by atoms with Gasteiger partial charge in [0, 0.05) is 17.1 Å². The standard InChI is InChI=1S/C15H18ClN5O2S/c1-3-21-13(19-20-15(21)24-8-12(17)22)9(2)18-14(23)10-4-6-11(16)7-5-10/h4-7,9H,3,8H2,1-2H3,(H2,17,22)(H,18,23)/t9-/m0/s1. The number of carbonyl (C=O) groups excluding carboxylic acids is 2. The first kappa shape index (κ1) is 18.3. The molecular formula is C15H18ClN5O2S. The minimum absolute atomic E-state index is 0.129. The highest BCUT2D eigenvalue weighted by Gasteiger charge is 2.19. The summed E-state index contributed by atoms with van der Waals surface area (Å²) in [5.74, 6) is 0.100. The Morgan fingerprint density at radius 3 is 2.58 bits per heavy atom. The summed E-state index contributed by atoms with van der Waals surface area (Å²) in [6, 6.07) is 6.29. The molecule has 2 rings (SSSR count). The third kappa shape index (κ3) is 4.48. The fourth-order valence-electron chi connectivity index (χ4n) is 2.11. The van der Waals surface area contributed by atoms with Gasteiger partial charge in [0.15, 0.2) is 11.0 Å². The second-order valence-corrected chi connectivity index (χ2v) is 6.42. The van der Waals surface area contributed by atoms with Crippen molar-refractivity contribution in [2.45, 2.75) is 31.6 Å². The van der Waals surface area contributed by atoms with Crippen LogP contribution < -0.4 is 11.1 Å². The number of halogens is 1. The molecule has 24 heavy (non-hydrogen) atoms. The van der Waals surface area contributed by atoms with Crippen LogP contribution in [0.4, 0.5) is 0 Å². The highest BCUT2D eigenvalue weighted by Crippen LogP contribution is 2.20. The monoisotopic (exact) mass is 367 g/mol. The molecule has 3 N–H and O–H groups in total. The minimum Gasteiger partial charge on any atom is -0.369 e. The summed E-state index contributed by atoms with van der Waals surface area (Å²) in [5.41, 5.74) is 5.67. The molecule has 0 radical (unpaired) electrons. The van der Waals surface area contributed by atoms with Crippen LogP contribution in [0.2, 0.25) is 5.02 Å². The largest absolute Gasteiger partial charge is 0.369 e. The van der Waals surface area contributed by atoms with Gasteiger partial charge in [0.2, 0.25) is 5.91 Å². The number of hydrogen-bond acceptors (Lipinski definition) is 5. The molecule has 0 spiro atoms. The maximum absolute atomic E-state index is 12.3. The lowest BCUT2D eigenvalue weighted by Crippen LogP contribution is -2.28. The van der Waals surface area contributed by atoms with E-state index in [4.69, 9.17) is 17.3 Å². The number of carbonyl (C=O) groups is 2. The number of amides is 2. The molecule has 0 saturated heterocycles. The molecule has 128 valence electrons. The van der Waals surface area contributed by atoms with Crippen molar-refractivity contribution < 1.29 is 9.59 Å². The topological polar surface area (TPSA) is 103 Å². The van der Waals surface area contributed by atoms with Crippen molar-refractivity contribution in [2.24, 2.45) is 5.73 Å². The molecule has 0 fully saturated rings. The molecule has 0 aliphatic carbocycles. The van der Waals surface area contributed by atoms with Crippen molar-refractivity contribution in [1.29, 1.82) is 0 Å². The summed E-state index contributed by atoms with van der Waals surface area (Å²) in [4.78, 5) is 23.2. The number of nitrogens with zero attached hydrogens (tertiary/aromatic N) is 3. The predicted octanol–water partition coefficient (Wildman–Crippen LogP) is 2.02. The van der Waals surface area contributed by atoms with Crippen molar-refractivity contribution in [1.82, 2.24) is 20.1 Å². The molecule has 9 heteroatoms. The van der Waals surface area contributed by atoms with Gasteiger partial charge in [-0.2, -0.15) is 0 Å². The second kappa shape index (κ2) is 8.16. The Balaban J connectivity index is 2.11. The molecule has 1 heterocycles. The summed E-state index contributed by atoms with van der Waals surface area (Å²) in [7, 11) is 0. The van der Waals surface area contributed by atoms with E-state index in [0.29, 0.717) is 28.1 Å². The van der Waals surface area contributed by atoms with E-state index in [0.717, 1.165) is 0 Å². The van der Waals surface area contributed by atoms with E-state index in [1.807, 2.05) is 18.4 Å². The lowest BCUT2D eigenvalue weighted by Gasteiger charge is -2.15. The molecule has 0 unspecified atom stereocenters. The van der Waals surface area contributed by atoms with Gasteiger partial charge >= 0.3 is 0 Å². The van der Waals surface area contributed by atoms with Crippen molar-refractivity contribution in [3.8, 4) is 0 Å². The van der Waals surface area contributed by atoms with Gasteiger partial charge < -0.3 is 15.6 Å². The normalized spacial score (nSPS) is 12.0. The van der Waals surface area contributed by atoms with E-state index in [2.05, 4.69) is 15.5 Å². The Hall–Kier alpha value is -2.06. The van der Waals surface area contributed by atoms with Crippen LogP contribution in [0.5, 0.6) is 0 Å². The van der Waals surface area contributed by atoms with Gasteiger partial charge in [-0.05, 0) is 38.1 Å². The molecule has 0 aliphatic rings. The number of rotatable bonds is 7. The number of benzene rings is 1. The summed E-state index contributed by atoms with van der Waals surface area (Å²) in [5, 5.41) is 12.2. The van der Waals surface area contributed by atoms with E-state index >= 15 is 0 Å². The first-order chi connectivity index (χ1) is 11.4. The van der Waals surface area contributed by atoms with Gasteiger partial charge in [-0.25, -0.2) is 0 Å². The molecule has 0 aliphatic heterocycles. The number of nitrogens with one attached hydrogen (secondary N) is 1. The third-order valence-electron chi connectivity index (χ3n) is 3.25. The van der Waals surface area contributed by atoms with E-state index in [1.54, 1.807) is 24.3 Å². The van der Waals surface area contributed by atoms with E-state index < -0.39 is 5.91 Å². The van der Waals surface area contributed by atoms with Crippen LogP contribution in [0.25, 0.3) is 0 Å². The van der Waals surface area contributed by atoms with Gasteiger partial charge in [-0.3, -0.25) is 9.59 Å². The van der Waals surface area contributed by atoms with Gasteiger partial charge in [0.25, 0.3) is 5.91 Å². The quantitative estimate of drug-likeness (QED) is 0.729. The molecule has 0 bridgehead atoms. The van der Waals surface area contributed by atoms with Crippen LogP contribution >= 0.6 is 23.4 Å². The first-order valence-corrected chi connectivity index (χ1v) is 8.69. The summed E-state index contributed by atoms with van der Waals surface area (Å²) < 4.78 is 1.85. The third-order valence-corrected chi connectivity index (χ3v) is 4.49. The average molecular weight is 368 g/mol. The molecule has 2 amide bonds.